The first-order chi connectivity index (χ1) is 10.4. The van der Waals surface area contributed by atoms with E-state index in [-0.39, 0.29) is 5.41 Å². The number of rotatable bonds is 6. The number of hydrogen-bond acceptors (Lipinski definition) is 6. The first-order valence-electron chi connectivity index (χ1n) is 7.48. The molecule has 0 bridgehead atoms. The fourth-order valence-electron chi connectivity index (χ4n) is 1.93. The largest absolute Gasteiger partial charge is 0.378 e. The highest BCUT2D eigenvalue weighted by atomic mass is 16.5. The van der Waals surface area contributed by atoms with E-state index in [4.69, 9.17) is 9.26 Å². The molecule has 0 aromatic carbocycles. The Morgan fingerprint density at radius 1 is 1.18 bits per heavy atom. The zero-order chi connectivity index (χ0) is 16.2. The van der Waals surface area contributed by atoms with Crippen LogP contribution in [0.1, 0.15) is 50.7 Å². The highest BCUT2D eigenvalue weighted by Crippen LogP contribution is 2.21. The molecule has 0 radical (unpaired) electrons. The first-order valence-corrected chi connectivity index (χ1v) is 7.48. The summed E-state index contributed by atoms with van der Waals surface area (Å²) in [6.45, 7) is 9.32. The third kappa shape index (κ3) is 4.27. The summed E-state index contributed by atoms with van der Waals surface area (Å²) >= 11 is 0. The van der Waals surface area contributed by atoms with Crippen molar-refractivity contribution in [3.63, 3.8) is 0 Å². The Morgan fingerprint density at radius 3 is 2.55 bits per heavy atom. The van der Waals surface area contributed by atoms with Crippen LogP contribution in [0.15, 0.2) is 16.7 Å². The van der Waals surface area contributed by atoms with Crippen LogP contribution >= 0.6 is 0 Å². The van der Waals surface area contributed by atoms with Crippen molar-refractivity contribution < 1.29 is 9.26 Å². The monoisotopic (exact) mass is 304 g/mol. The SMILES string of the molecule is CCc1cc(CNc2cc(COC)nc(C(C)(C)C)n2)on1. The number of ether oxygens (including phenoxy) is 1. The van der Waals surface area contributed by atoms with Gasteiger partial charge in [0.05, 0.1) is 24.5 Å². The van der Waals surface area contributed by atoms with Crippen molar-refractivity contribution in [1.82, 2.24) is 15.1 Å². The van der Waals surface area contributed by atoms with Crippen LogP contribution in [0.3, 0.4) is 0 Å². The summed E-state index contributed by atoms with van der Waals surface area (Å²) in [5.74, 6) is 2.35. The molecular formula is C16H24N4O2. The van der Waals surface area contributed by atoms with Gasteiger partial charge in [-0.3, -0.25) is 0 Å². The van der Waals surface area contributed by atoms with E-state index in [0.717, 1.165) is 35.2 Å². The molecule has 0 amide bonds. The van der Waals surface area contributed by atoms with Gasteiger partial charge in [-0.15, -0.1) is 0 Å². The van der Waals surface area contributed by atoms with E-state index in [1.807, 2.05) is 19.1 Å². The third-order valence-electron chi connectivity index (χ3n) is 3.16. The molecule has 2 rings (SSSR count). The topological polar surface area (TPSA) is 73.1 Å². The molecule has 0 aliphatic rings. The molecule has 6 heteroatoms. The van der Waals surface area contributed by atoms with Gasteiger partial charge in [-0.2, -0.15) is 0 Å². The quantitative estimate of drug-likeness (QED) is 0.884. The molecule has 2 aromatic heterocycles. The van der Waals surface area contributed by atoms with Gasteiger partial charge in [-0.1, -0.05) is 32.9 Å². The second kappa shape index (κ2) is 6.87. The molecule has 0 spiro atoms. The van der Waals surface area contributed by atoms with Crippen molar-refractivity contribution >= 4 is 5.82 Å². The molecule has 0 aliphatic carbocycles. The molecule has 2 heterocycles. The summed E-state index contributed by atoms with van der Waals surface area (Å²) in [5.41, 5.74) is 1.69. The summed E-state index contributed by atoms with van der Waals surface area (Å²) in [7, 11) is 1.66. The maximum absolute atomic E-state index is 5.27. The average molecular weight is 304 g/mol. The summed E-state index contributed by atoms with van der Waals surface area (Å²) < 4.78 is 10.5. The first kappa shape index (κ1) is 16.4. The van der Waals surface area contributed by atoms with Crippen molar-refractivity contribution in [2.24, 2.45) is 0 Å². The van der Waals surface area contributed by atoms with Gasteiger partial charge in [0.15, 0.2) is 5.76 Å². The second-order valence-electron chi connectivity index (χ2n) is 6.24. The molecule has 22 heavy (non-hydrogen) atoms. The van der Waals surface area contributed by atoms with Crippen LogP contribution < -0.4 is 5.32 Å². The van der Waals surface area contributed by atoms with Crippen molar-refractivity contribution in [2.45, 2.75) is 52.7 Å². The summed E-state index contributed by atoms with van der Waals surface area (Å²) in [4.78, 5) is 9.14. The average Bonchev–Trinajstić information content (AvgIpc) is 2.92. The Morgan fingerprint density at radius 2 is 1.95 bits per heavy atom. The van der Waals surface area contributed by atoms with E-state index in [1.54, 1.807) is 7.11 Å². The minimum absolute atomic E-state index is 0.123. The maximum Gasteiger partial charge on any atom is 0.156 e. The van der Waals surface area contributed by atoms with Gasteiger partial charge < -0.3 is 14.6 Å². The fourth-order valence-corrected chi connectivity index (χ4v) is 1.93. The molecule has 6 nitrogen and oxygen atoms in total. The van der Waals surface area contributed by atoms with Gasteiger partial charge in [-0.25, -0.2) is 9.97 Å². The Kier molecular flexibility index (Phi) is 5.13. The summed E-state index contributed by atoms with van der Waals surface area (Å²) in [6, 6.07) is 3.85. The van der Waals surface area contributed by atoms with Crippen molar-refractivity contribution in [2.75, 3.05) is 12.4 Å². The van der Waals surface area contributed by atoms with Crippen LogP contribution in [0.2, 0.25) is 0 Å². The van der Waals surface area contributed by atoms with Gasteiger partial charge in [0.2, 0.25) is 0 Å². The van der Waals surface area contributed by atoms with Crippen LogP contribution in [-0.2, 0) is 29.7 Å². The van der Waals surface area contributed by atoms with Crippen LogP contribution in [0, 0.1) is 0 Å². The lowest BCUT2D eigenvalue weighted by atomic mass is 9.95. The van der Waals surface area contributed by atoms with Crippen LogP contribution in [0.25, 0.3) is 0 Å². The number of aryl methyl sites for hydroxylation is 1. The Labute approximate surface area is 131 Å². The fraction of sp³-hybridized carbons (Fsp3) is 0.562. The normalized spacial score (nSPS) is 11.7. The van der Waals surface area contributed by atoms with Crippen molar-refractivity contribution in [1.29, 1.82) is 0 Å². The molecular weight excluding hydrogens is 280 g/mol. The van der Waals surface area contributed by atoms with E-state index < -0.39 is 0 Å². The Balaban J connectivity index is 2.16. The number of nitrogens with one attached hydrogen (secondary N) is 1. The van der Waals surface area contributed by atoms with E-state index in [2.05, 4.69) is 41.2 Å². The van der Waals surface area contributed by atoms with Gasteiger partial charge in [0.1, 0.15) is 11.6 Å². The summed E-state index contributed by atoms with van der Waals surface area (Å²) in [6.07, 6.45) is 0.864. The lowest BCUT2D eigenvalue weighted by molar-refractivity contribution is 0.181. The molecule has 1 N–H and O–H groups in total. The zero-order valence-corrected chi connectivity index (χ0v) is 13.9. The van der Waals surface area contributed by atoms with Crippen molar-refractivity contribution in [3.8, 4) is 0 Å². The van der Waals surface area contributed by atoms with Crippen molar-refractivity contribution in [3.05, 3.63) is 35.1 Å². The van der Waals surface area contributed by atoms with Gasteiger partial charge in [-0.05, 0) is 6.42 Å². The second-order valence-corrected chi connectivity index (χ2v) is 6.24. The van der Waals surface area contributed by atoms with E-state index in [0.29, 0.717) is 13.2 Å². The molecule has 0 fully saturated rings. The van der Waals surface area contributed by atoms with E-state index in [9.17, 15) is 0 Å². The highest BCUT2D eigenvalue weighted by Gasteiger charge is 2.19. The standard InChI is InChI=1S/C16H24N4O2/c1-6-11-7-13(22-20-11)9-17-14-8-12(10-21-5)18-15(19-14)16(2,3)4/h7-8H,6,9-10H2,1-5H3,(H,17,18,19). The number of hydrogen-bond donors (Lipinski definition) is 1. The predicted octanol–water partition coefficient (Wildman–Crippen LogP) is 3.08. The lowest BCUT2D eigenvalue weighted by Crippen LogP contribution is -2.18. The Bertz CT molecular complexity index is 617. The zero-order valence-electron chi connectivity index (χ0n) is 13.9. The highest BCUT2D eigenvalue weighted by molar-refractivity contribution is 5.37. The molecule has 2 aromatic rings. The van der Waals surface area contributed by atoms with Crippen LogP contribution in [0.4, 0.5) is 5.82 Å². The molecule has 120 valence electrons. The number of methoxy groups -OCH3 is 1. The van der Waals surface area contributed by atoms with E-state index >= 15 is 0 Å². The van der Waals surface area contributed by atoms with Gasteiger partial charge in [0, 0.05) is 24.7 Å². The van der Waals surface area contributed by atoms with Crippen LogP contribution in [0.5, 0.6) is 0 Å². The number of anilines is 1. The molecule has 0 aliphatic heterocycles. The van der Waals surface area contributed by atoms with Gasteiger partial charge >= 0.3 is 0 Å². The predicted molar refractivity (Wildman–Crippen MR) is 84.7 cm³/mol. The van der Waals surface area contributed by atoms with E-state index in [1.165, 1.54) is 0 Å². The minimum atomic E-state index is -0.123. The molecule has 0 atom stereocenters. The third-order valence-corrected chi connectivity index (χ3v) is 3.16. The minimum Gasteiger partial charge on any atom is -0.378 e. The molecule has 0 saturated carbocycles. The van der Waals surface area contributed by atoms with Crippen LogP contribution in [-0.4, -0.2) is 22.2 Å². The lowest BCUT2D eigenvalue weighted by Gasteiger charge is -2.18. The smallest absolute Gasteiger partial charge is 0.156 e. The number of nitrogens with zero attached hydrogens (tertiary/aromatic N) is 3. The Hall–Kier alpha value is -1.95. The van der Waals surface area contributed by atoms with Gasteiger partial charge in [0.25, 0.3) is 0 Å². The summed E-state index contributed by atoms with van der Waals surface area (Å²) in [5, 5.41) is 7.25. The maximum atomic E-state index is 5.27. The number of aromatic nitrogens is 3. The molecule has 0 unspecified atom stereocenters. The molecule has 0 saturated heterocycles.